The van der Waals surface area contributed by atoms with Crippen molar-refractivity contribution >= 4 is 18.4 Å². The van der Waals surface area contributed by atoms with E-state index in [-0.39, 0.29) is 0 Å². The van der Waals surface area contributed by atoms with Gasteiger partial charge in [0.25, 0.3) is 0 Å². The van der Waals surface area contributed by atoms with Crippen molar-refractivity contribution in [1.29, 1.82) is 0 Å². The molecule has 0 unspecified atom stereocenters. The highest BCUT2D eigenvalue weighted by molar-refractivity contribution is 7.80. The highest BCUT2D eigenvalue weighted by atomic mass is 32.1. The third-order valence-electron chi connectivity index (χ3n) is 2.83. The topological polar surface area (TPSA) is 17.1 Å². The van der Waals surface area contributed by atoms with Gasteiger partial charge in [-0.2, -0.15) is 13.2 Å². The number of Topliss-reactive ketones (excluding diaryl/α,β-unsaturated/α-hetero) is 1. The fraction of sp³-hybridized carbons (Fsp3) is 0.133. The van der Waals surface area contributed by atoms with Crippen LogP contribution in [0.5, 0.6) is 0 Å². The zero-order valence-corrected chi connectivity index (χ0v) is 11.2. The first kappa shape index (κ1) is 14.7. The molecule has 0 fully saturated rings. The molecule has 0 spiro atoms. The molecule has 0 aliphatic heterocycles. The lowest BCUT2D eigenvalue weighted by molar-refractivity contribution is -0.170. The first-order valence-electron chi connectivity index (χ1n) is 5.85. The Kier molecular flexibility index (Phi) is 4.18. The largest absolute Gasteiger partial charge is 0.450 e. The quantitative estimate of drug-likeness (QED) is 0.835. The molecule has 20 heavy (non-hydrogen) atoms. The summed E-state index contributed by atoms with van der Waals surface area (Å²) in [5.41, 5.74) is 2.04. The van der Waals surface area contributed by atoms with Crippen LogP contribution in [0.1, 0.15) is 5.56 Å². The third-order valence-corrected chi connectivity index (χ3v) is 3.20. The second-order valence-corrected chi connectivity index (χ2v) is 4.80. The van der Waals surface area contributed by atoms with E-state index in [1.54, 1.807) is 6.07 Å². The van der Waals surface area contributed by atoms with Crippen molar-refractivity contribution < 1.29 is 18.0 Å². The van der Waals surface area contributed by atoms with Gasteiger partial charge < -0.3 is 0 Å². The number of benzene rings is 2. The van der Waals surface area contributed by atoms with Gasteiger partial charge in [-0.15, -0.1) is 12.6 Å². The van der Waals surface area contributed by atoms with Crippen molar-refractivity contribution in [3.8, 4) is 11.1 Å². The lowest BCUT2D eigenvalue weighted by Crippen LogP contribution is -2.24. The van der Waals surface area contributed by atoms with Gasteiger partial charge >= 0.3 is 6.18 Å². The molecule has 0 N–H and O–H groups in total. The van der Waals surface area contributed by atoms with Crippen LogP contribution in [0.25, 0.3) is 11.1 Å². The Morgan fingerprint density at radius 3 is 2.25 bits per heavy atom. The molecular formula is C15H11F3OS. The Hall–Kier alpha value is -1.75. The molecule has 0 saturated heterocycles. The number of carbonyl (C=O) groups excluding carboxylic acids is 1. The molecule has 0 heterocycles. The zero-order chi connectivity index (χ0) is 14.8. The molecule has 104 valence electrons. The molecule has 2 aromatic rings. The Morgan fingerprint density at radius 2 is 1.70 bits per heavy atom. The van der Waals surface area contributed by atoms with Crippen molar-refractivity contribution in [2.75, 3.05) is 0 Å². The van der Waals surface area contributed by atoms with E-state index < -0.39 is 18.4 Å². The molecule has 0 aliphatic carbocycles. The Labute approximate surface area is 119 Å². The number of alkyl halides is 3. The van der Waals surface area contributed by atoms with Crippen molar-refractivity contribution in [3.05, 3.63) is 54.1 Å². The zero-order valence-electron chi connectivity index (χ0n) is 10.3. The summed E-state index contributed by atoms with van der Waals surface area (Å²) in [5.74, 6) is -1.75. The summed E-state index contributed by atoms with van der Waals surface area (Å²) in [4.78, 5) is 11.5. The van der Waals surface area contributed by atoms with Gasteiger partial charge in [-0.1, -0.05) is 42.5 Å². The Morgan fingerprint density at radius 1 is 1.05 bits per heavy atom. The number of halogens is 3. The normalized spacial score (nSPS) is 11.4. The molecule has 0 atom stereocenters. The Bertz CT molecular complexity index is 621. The maximum atomic E-state index is 12.2. The fourth-order valence-corrected chi connectivity index (χ4v) is 2.20. The number of carbonyl (C=O) groups is 1. The van der Waals surface area contributed by atoms with Gasteiger partial charge in [0.15, 0.2) is 0 Å². The summed E-state index contributed by atoms with van der Waals surface area (Å²) in [6, 6.07) is 14.1. The van der Waals surface area contributed by atoms with Crippen molar-refractivity contribution in [2.24, 2.45) is 0 Å². The molecule has 0 aromatic heterocycles. The van der Waals surface area contributed by atoms with Gasteiger partial charge in [0.2, 0.25) is 5.78 Å². The minimum Gasteiger partial charge on any atom is -0.289 e. The highest BCUT2D eigenvalue weighted by Gasteiger charge is 2.37. The predicted octanol–water partition coefficient (Wildman–Crippen LogP) is 4.32. The second-order valence-electron chi connectivity index (χ2n) is 4.32. The van der Waals surface area contributed by atoms with Crippen LogP contribution in [0.4, 0.5) is 13.2 Å². The van der Waals surface area contributed by atoms with Crippen molar-refractivity contribution in [2.45, 2.75) is 17.5 Å². The van der Waals surface area contributed by atoms with Gasteiger partial charge in [-0.25, -0.2) is 0 Å². The fourth-order valence-electron chi connectivity index (χ4n) is 1.83. The lowest BCUT2D eigenvalue weighted by atomic mass is 10.0. The first-order valence-corrected chi connectivity index (χ1v) is 6.30. The number of hydrogen-bond donors (Lipinski definition) is 1. The molecule has 0 aliphatic rings. The lowest BCUT2D eigenvalue weighted by Gasteiger charge is -2.09. The van der Waals surface area contributed by atoms with Crippen LogP contribution in [-0.4, -0.2) is 12.0 Å². The SMILES string of the molecule is O=C(Cc1ccc(-c2ccccc2)c(S)c1)C(F)(F)F. The van der Waals surface area contributed by atoms with Crippen LogP contribution in [0.2, 0.25) is 0 Å². The molecule has 5 heteroatoms. The van der Waals surface area contributed by atoms with E-state index >= 15 is 0 Å². The molecule has 1 nitrogen and oxygen atoms in total. The molecule has 2 aromatic carbocycles. The van der Waals surface area contributed by atoms with Gasteiger partial charge in [-0.05, 0) is 22.8 Å². The second kappa shape index (κ2) is 5.71. The number of hydrogen-bond acceptors (Lipinski definition) is 2. The highest BCUT2D eigenvalue weighted by Crippen LogP contribution is 2.28. The Balaban J connectivity index is 2.25. The van der Waals surface area contributed by atoms with Gasteiger partial charge in [-0.3, -0.25) is 4.79 Å². The van der Waals surface area contributed by atoms with E-state index in [4.69, 9.17) is 0 Å². The summed E-state index contributed by atoms with van der Waals surface area (Å²) in [6.07, 6.45) is -5.46. The van der Waals surface area contributed by atoms with E-state index in [2.05, 4.69) is 12.6 Å². The summed E-state index contributed by atoms with van der Waals surface area (Å²) < 4.78 is 36.6. The van der Waals surface area contributed by atoms with E-state index in [9.17, 15) is 18.0 Å². The van der Waals surface area contributed by atoms with Crippen LogP contribution >= 0.6 is 12.6 Å². The summed E-state index contributed by atoms with van der Waals surface area (Å²) in [6.45, 7) is 0. The first-order chi connectivity index (χ1) is 9.38. The molecule has 2 rings (SSSR count). The standard InChI is InChI=1S/C15H11F3OS/c16-15(17,18)14(19)9-10-6-7-12(13(20)8-10)11-4-2-1-3-5-11/h1-8,20H,9H2. The average Bonchev–Trinajstić information content (AvgIpc) is 2.38. The number of rotatable bonds is 3. The van der Waals surface area contributed by atoms with Crippen LogP contribution in [0, 0.1) is 0 Å². The number of thiol groups is 1. The molecule has 0 radical (unpaired) electrons. The summed E-state index contributed by atoms with van der Waals surface area (Å²) in [5, 5.41) is 0. The maximum Gasteiger partial charge on any atom is 0.450 e. The van der Waals surface area contributed by atoms with Crippen molar-refractivity contribution in [3.63, 3.8) is 0 Å². The summed E-state index contributed by atoms with van der Waals surface area (Å²) >= 11 is 4.28. The van der Waals surface area contributed by atoms with Gasteiger partial charge in [0, 0.05) is 11.3 Å². The molecule has 0 saturated carbocycles. The smallest absolute Gasteiger partial charge is 0.289 e. The monoisotopic (exact) mass is 296 g/mol. The third kappa shape index (κ3) is 3.42. The molecular weight excluding hydrogens is 285 g/mol. The predicted molar refractivity (Wildman–Crippen MR) is 73.9 cm³/mol. The van der Waals surface area contributed by atoms with Crippen LogP contribution < -0.4 is 0 Å². The van der Waals surface area contributed by atoms with Crippen LogP contribution in [-0.2, 0) is 11.2 Å². The van der Waals surface area contributed by atoms with E-state index in [1.165, 1.54) is 12.1 Å². The molecule has 0 bridgehead atoms. The van der Waals surface area contributed by atoms with Crippen molar-refractivity contribution in [1.82, 2.24) is 0 Å². The minimum absolute atomic E-state index is 0.303. The minimum atomic E-state index is -4.80. The summed E-state index contributed by atoms with van der Waals surface area (Å²) in [7, 11) is 0. The molecule has 0 amide bonds. The van der Waals surface area contributed by atoms with Gasteiger partial charge in [0.1, 0.15) is 0 Å². The van der Waals surface area contributed by atoms with E-state index in [0.29, 0.717) is 10.5 Å². The van der Waals surface area contributed by atoms with E-state index in [0.717, 1.165) is 11.1 Å². The van der Waals surface area contributed by atoms with Crippen LogP contribution in [0.3, 0.4) is 0 Å². The van der Waals surface area contributed by atoms with E-state index in [1.807, 2.05) is 30.3 Å². The maximum absolute atomic E-state index is 12.2. The van der Waals surface area contributed by atoms with Gasteiger partial charge in [0.05, 0.1) is 0 Å². The van der Waals surface area contributed by atoms with Crippen LogP contribution in [0.15, 0.2) is 53.4 Å². The average molecular weight is 296 g/mol. The number of ketones is 1.